The number of rotatable bonds is 5. The zero-order chi connectivity index (χ0) is 10.2. The summed E-state index contributed by atoms with van der Waals surface area (Å²) in [7, 11) is 0. The molecular weight excluding hydrogens is 178 g/mol. The highest BCUT2D eigenvalue weighted by Crippen LogP contribution is 2.05. The van der Waals surface area contributed by atoms with Crippen molar-refractivity contribution in [2.45, 2.75) is 12.5 Å². The average molecular weight is 189 g/mol. The van der Waals surface area contributed by atoms with Gasteiger partial charge in [-0.25, -0.2) is 6.57 Å². The molecule has 0 aliphatic rings. The SMILES string of the molecule is [C-]#[N+][C@H](COC=O)Cc1ccccc1. The molecule has 14 heavy (non-hydrogen) atoms. The molecule has 1 aromatic carbocycles. The number of hydrogen-bond acceptors (Lipinski definition) is 2. The van der Waals surface area contributed by atoms with E-state index in [9.17, 15) is 4.79 Å². The van der Waals surface area contributed by atoms with Gasteiger partial charge in [0.15, 0.2) is 6.61 Å². The third kappa shape index (κ3) is 3.28. The van der Waals surface area contributed by atoms with Crippen molar-refractivity contribution in [3.05, 3.63) is 47.3 Å². The number of ether oxygens (including phenoxy) is 1. The summed E-state index contributed by atoms with van der Waals surface area (Å²) in [6, 6.07) is 9.42. The van der Waals surface area contributed by atoms with E-state index in [1.807, 2.05) is 30.3 Å². The van der Waals surface area contributed by atoms with Crippen molar-refractivity contribution in [3.63, 3.8) is 0 Å². The van der Waals surface area contributed by atoms with E-state index in [4.69, 9.17) is 6.57 Å². The Labute approximate surface area is 83.1 Å². The molecule has 0 aliphatic carbocycles. The molecule has 3 heteroatoms. The molecule has 0 saturated carbocycles. The quantitative estimate of drug-likeness (QED) is 0.521. The number of nitrogens with zero attached hydrogens (tertiary/aromatic N) is 1. The average Bonchev–Trinajstić information content (AvgIpc) is 2.25. The first-order valence-corrected chi connectivity index (χ1v) is 4.32. The molecular formula is C11H11NO2. The molecule has 3 nitrogen and oxygen atoms in total. The molecule has 0 unspecified atom stereocenters. The van der Waals surface area contributed by atoms with Crippen LogP contribution in [0.4, 0.5) is 0 Å². The fourth-order valence-corrected chi connectivity index (χ4v) is 1.18. The van der Waals surface area contributed by atoms with Gasteiger partial charge in [-0.2, -0.15) is 0 Å². The number of carbonyl (C=O) groups is 1. The van der Waals surface area contributed by atoms with Gasteiger partial charge in [0.25, 0.3) is 12.5 Å². The van der Waals surface area contributed by atoms with E-state index < -0.39 is 0 Å². The molecule has 1 aromatic rings. The summed E-state index contributed by atoms with van der Waals surface area (Å²) in [4.78, 5) is 13.3. The lowest BCUT2D eigenvalue weighted by Gasteiger charge is -2.03. The van der Waals surface area contributed by atoms with Crippen LogP contribution >= 0.6 is 0 Å². The normalized spacial score (nSPS) is 11.4. The van der Waals surface area contributed by atoms with Gasteiger partial charge in [-0.05, 0) is 5.56 Å². The summed E-state index contributed by atoms with van der Waals surface area (Å²) in [5, 5.41) is 0. The summed E-state index contributed by atoms with van der Waals surface area (Å²) in [6.45, 7) is 7.46. The van der Waals surface area contributed by atoms with E-state index in [1.165, 1.54) is 0 Å². The molecule has 0 saturated heterocycles. The van der Waals surface area contributed by atoms with Crippen LogP contribution in [0.2, 0.25) is 0 Å². The van der Waals surface area contributed by atoms with Crippen LogP contribution in [0.15, 0.2) is 30.3 Å². The second-order valence-corrected chi connectivity index (χ2v) is 2.90. The van der Waals surface area contributed by atoms with Crippen molar-refractivity contribution >= 4 is 6.47 Å². The van der Waals surface area contributed by atoms with Crippen molar-refractivity contribution in [3.8, 4) is 0 Å². The van der Waals surface area contributed by atoms with Crippen molar-refractivity contribution < 1.29 is 9.53 Å². The Hall–Kier alpha value is -1.82. The molecule has 1 atom stereocenters. The van der Waals surface area contributed by atoms with Crippen LogP contribution in [-0.2, 0) is 16.0 Å². The van der Waals surface area contributed by atoms with Crippen LogP contribution in [0, 0.1) is 6.57 Å². The minimum absolute atomic E-state index is 0.169. The molecule has 0 aromatic heterocycles. The summed E-state index contributed by atoms with van der Waals surface area (Å²) in [5.74, 6) is 0. The maximum Gasteiger partial charge on any atom is 0.293 e. The Morgan fingerprint density at radius 3 is 2.71 bits per heavy atom. The standard InChI is InChI=1S/C11H11NO2/c1-12-11(8-14-9-13)7-10-5-3-2-4-6-10/h2-6,9,11H,7-8H2/t11-/m0/s1. The van der Waals surface area contributed by atoms with Gasteiger partial charge in [0.05, 0.1) is 6.42 Å². The molecule has 0 fully saturated rings. The third-order valence-corrected chi connectivity index (χ3v) is 1.85. The minimum Gasteiger partial charge on any atom is -0.460 e. The molecule has 0 aliphatic heterocycles. The van der Waals surface area contributed by atoms with Crippen molar-refractivity contribution in [1.82, 2.24) is 0 Å². The van der Waals surface area contributed by atoms with Gasteiger partial charge in [-0.3, -0.25) is 4.79 Å². The molecule has 1 rings (SSSR count). The predicted molar refractivity (Wildman–Crippen MR) is 52.6 cm³/mol. The zero-order valence-corrected chi connectivity index (χ0v) is 7.72. The monoisotopic (exact) mass is 189 g/mol. The van der Waals surface area contributed by atoms with E-state index in [2.05, 4.69) is 9.58 Å². The second kappa shape index (κ2) is 5.76. The Balaban J connectivity index is 2.49. The van der Waals surface area contributed by atoms with Gasteiger partial charge >= 0.3 is 0 Å². The fraction of sp³-hybridized carbons (Fsp3) is 0.273. The van der Waals surface area contributed by atoms with Gasteiger partial charge in [0, 0.05) is 0 Å². The van der Waals surface area contributed by atoms with Gasteiger partial charge in [-0.1, -0.05) is 30.3 Å². The molecule has 0 N–H and O–H groups in total. The molecule has 0 amide bonds. The van der Waals surface area contributed by atoms with Crippen molar-refractivity contribution in [2.24, 2.45) is 0 Å². The van der Waals surface area contributed by atoms with Gasteiger partial charge < -0.3 is 9.58 Å². The Kier molecular flexibility index (Phi) is 4.22. The molecule has 72 valence electrons. The molecule has 0 radical (unpaired) electrons. The van der Waals surface area contributed by atoms with Gasteiger partial charge in [0.2, 0.25) is 0 Å². The maximum atomic E-state index is 9.95. The highest BCUT2D eigenvalue weighted by Gasteiger charge is 2.13. The fourth-order valence-electron chi connectivity index (χ4n) is 1.18. The minimum atomic E-state index is -0.275. The summed E-state index contributed by atoms with van der Waals surface area (Å²) < 4.78 is 4.56. The Morgan fingerprint density at radius 1 is 1.43 bits per heavy atom. The van der Waals surface area contributed by atoms with Crippen molar-refractivity contribution in [1.29, 1.82) is 0 Å². The first-order valence-electron chi connectivity index (χ1n) is 4.32. The molecule has 0 spiro atoms. The Morgan fingerprint density at radius 2 is 2.14 bits per heavy atom. The smallest absolute Gasteiger partial charge is 0.293 e. The topological polar surface area (TPSA) is 30.7 Å². The van der Waals surface area contributed by atoms with E-state index in [0.29, 0.717) is 12.9 Å². The number of hydrogen-bond donors (Lipinski definition) is 0. The summed E-state index contributed by atoms with van der Waals surface area (Å²) in [6.07, 6.45) is 0.623. The third-order valence-electron chi connectivity index (χ3n) is 1.85. The zero-order valence-electron chi connectivity index (χ0n) is 7.72. The maximum absolute atomic E-state index is 9.95. The summed E-state index contributed by atoms with van der Waals surface area (Å²) >= 11 is 0. The molecule has 0 bridgehead atoms. The van der Waals surface area contributed by atoms with E-state index in [0.717, 1.165) is 5.56 Å². The molecule has 0 heterocycles. The summed E-state index contributed by atoms with van der Waals surface area (Å²) in [5.41, 5.74) is 1.09. The number of benzene rings is 1. The lowest BCUT2D eigenvalue weighted by molar-refractivity contribution is -0.128. The lowest BCUT2D eigenvalue weighted by Crippen LogP contribution is -2.14. The largest absolute Gasteiger partial charge is 0.460 e. The van der Waals surface area contributed by atoms with Crippen LogP contribution in [0.3, 0.4) is 0 Å². The van der Waals surface area contributed by atoms with Crippen LogP contribution in [-0.4, -0.2) is 19.1 Å². The highest BCUT2D eigenvalue weighted by atomic mass is 16.5. The second-order valence-electron chi connectivity index (χ2n) is 2.90. The first kappa shape index (κ1) is 10.3. The first-order chi connectivity index (χ1) is 6.86. The predicted octanol–water partition coefficient (Wildman–Crippen LogP) is 1.69. The van der Waals surface area contributed by atoms with Crippen LogP contribution in [0.5, 0.6) is 0 Å². The van der Waals surface area contributed by atoms with Gasteiger partial charge in [-0.15, -0.1) is 0 Å². The van der Waals surface area contributed by atoms with Crippen LogP contribution < -0.4 is 0 Å². The van der Waals surface area contributed by atoms with Crippen LogP contribution in [0.1, 0.15) is 5.56 Å². The number of carbonyl (C=O) groups excluding carboxylic acids is 1. The van der Waals surface area contributed by atoms with Crippen molar-refractivity contribution in [2.75, 3.05) is 6.61 Å². The Bertz CT molecular complexity index is 316. The van der Waals surface area contributed by atoms with E-state index in [1.54, 1.807) is 0 Å². The van der Waals surface area contributed by atoms with Gasteiger partial charge in [0.1, 0.15) is 0 Å². The van der Waals surface area contributed by atoms with E-state index in [-0.39, 0.29) is 12.6 Å². The van der Waals surface area contributed by atoms with Crippen LogP contribution in [0.25, 0.3) is 4.85 Å². The van der Waals surface area contributed by atoms with E-state index >= 15 is 0 Å². The highest BCUT2D eigenvalue weighted by molar-refractivity contribution is 5.37. The lowest BCUT2D eigenvalue weighted by atomic mass is 10.1.